The van der Waals surface area contributed by atoms with Crippen LogP contribution in [0.25, 0.3) is 0 Å². The van der Waals surface area contributed by atoms with Crippen molar-refractivity contribution in [1.82, 2.24) is 4.90 Å². The van der Waals surface area contributed by atoms with Gasteiger partial charge in [0.1, 0.15) is 30.1 Å². The van der Waals surface area contributed by atoms with E-state index in [0.29, 0.717) is 63.4 Å². The Balaban J connectivity index is 1.70. The van der Waals surface area contributed by atoms with Gasteiger partial charge >= 0.3 is 5.97 Å². The molecular weight excluding hydrogens is 894 g/mol. The molecule has 1 saturated carbocycles. The van der Waals surface area contributed by atoms with Crippen LogP contribution in [0.5, 0.6) is 0 Å². The van der Waals surface area contributed by atoms with E-state index in [1.54, 1.807) is 47.7 Å². The van der Waals surface area contributed by atoms with Crippen LogP contribution < -0.4 is 0 Å². The van der Waals surface area contributed by atoms with E-state index in [9.17, 15) is 38.8 Å². The number of esters is 1. The predicted molar refractivity (Wildman–Crippen MR) is 259 cm³/mol. The number of fused-ring (bicyclic) bond motifs is 3. The predicted octanol–water partition coefficient (Wildman–Crippen LogP) is 7.31. The highest BCUT2D eigenvalue weighted by Crippen LogP contribution is 2.39. The first-order valence-electron chi connectivity index (χ1n) is 24.8. The van der Waals surface area contributed by atoms with Gasteiger partial charge in [-0.3, -0.25) is 23.7 Å². The molecule has 4 aliphatic rings. The van der Waals surface area contributed by atoms with Crippen molar-refractivity contribution in [2.75, 3.05) is 34.5 Å². The fraction of sp³-hybridized carbons (Fsp3) is 0.750. The van der Waals surface area contributed by atoms with Gasteiger partial charge in [-0.2, -0.15) is 0 Å². The van der Waals surface area contributed by atoms with Crippen LogP contribution in [0.15, 0.2) is 47.6 Å². The van der Waals surface area contributed by atoms with Crippen molar-refractivity contribution in [2.24, 2.45) is 35.5 Å². The van der Waals surface area contributed by atoms with Gasteiger partial charge in [-0.25, -0.2) is 4.79 Å². The molecule has 4 rings (SSSR count). The highest BCUT2D eigenvalue weighted by atomic mass is 31.1. The second kappa shape index (κ2) is 26.9. The summed E-state index contributed by atoms with van der Waals surface area (Å²) >= 11 is 0. The van der Waals surface area contributed by atoms with Crippen molar-refractivity contribution in [1.29, 1.82) is 0 Å². The molecule has 3 fully saturated rings. The molecule has 0 aromatic carbocycles. The second-order valence-electron chi connectivity index (χ2n) is 20.2. The largest absolute Gasteiger partial charge is 0.460 e. The third-order valence-electron chi connectivity index (χ3n) is 14.8. The minimum absolute atomic E-state index is 0.0129. The van der Waals surface area contributed by atoms with Gasteiger partial charge in [-0.15, -0.1) is 0 Å². The Morgan fingerprint density at radius 2 is 1.59 bits per heavy atom. The first-order valence-corrected chi connectivity index (χ1v) is 26.6. The number of nitrogens with zero attached hydrogens (tertiary/aromatic N) is 1. The fourth-order valence-corrected chi connectivity index (χ4v) is 11.1. The van der Waals surface area contributed by atoms with Gasteiger partial charge in [0.05, 0.1) is 24.4 Å². The van der Waals surface area contributed by atoms with E-state index < -0.39 is 85.8 Å². The standard InChI is InChI=1S/C52H82NO14P/c1-31-17-13-12-14-18-32(2)43(62-8)29-39-22-20-37(7)52(60,66-39)49(57)50(58)53-24-16-15-19-40(53)51(59)65-44(34(4)27-38-21-23-42(67-68(11)61)45(28-38)63-9)30-41(54)33(3)26-36(6)47(56)48(64-10)46(55)35(5)25-31/h12-14,17-18,26,31,33-35,37-40,42-45,47-48,56,60,68H,15-16,19-25,27-30H2,1-11H3/b14-12+,17-13+,32-18+,36-26+/t31-,33-,34-,35-,37-,38+,39+,40+,42+,43+,44+,45-,47-,48+,52-/m1/s1. The molecule has 0 aromatic rings. The Morgan fingerprint density at radius 1 is 0.868 bits per heavy atom. The van der Waals surface area contributed by atoms with Crippen molar-refractivity contribution in [2.45, 2.75) is 180 Å². The van der Waals surface area contributed by atoms with E-state index in [1.807, 2.05) is 58.1 Å². The summed E-state index contributed by atoms with van der Waals surface area (Å²) < 4.78 is 47.4. The fourth-order valence-electron chi connectivity index (χ4n) is 10.4. The number of piperidine rings is 1. The van der Waals surface area contributed by atoms with Gasteiger partial charge in [0.2, 0.25) is 5.79 Å². The number of aliphatic hydroxyl groups excluding tert-OH is 1. The highest BCUT2D eigenvalue weighted by molar-refractivity contribution is 7.38. The molecule has 2 saturated heterocycles. The maximum Gasteiger partial charge on any atom is 0.329 e. The lowest BCUT2D eigenvalue weighted by Crippen LogP contribution is -2.61. The van der Waals surface area contributed by atoms with Gasteiger partial charge in [0.25, 0.3) is 11.7 Å². The van der Waals surface area contributed by atoms with E-state index in [4.69, 9.17) is 28.2 Å². The molecular formula is C52H82NO14P. The molecule has 16 heteroatoms. The van der Waals surface area contributed by atoms with Crippen LogP contribution in [0.2, 0.25) is 0 Å². The van der Waals surface area contributed by atoms with Gasteiger partial charge in [0, 0.05) is 65.1 Å². The maximum absolute atomic E-state index is 14.5. The molecule has 2 N–H and O–H groups in total. The van der Waals surface area contributed by atoms with Crippen LogP contribution in [0.3, 0.4) is 0 Å². The summed E-state index contributed by atoms with van der Waals surface area (Å²) in [6.07, 6.45) is 11.5. The van der Waals surface area contributed by atoms with Gasteiger partial charge < -0.3 is 43.3 Å². The van der Waals surface area contributed by atoms with E-state index in [0.717, 1.165) is 12.0 Å². The molecule has 1 unspecified atom stereocenters. The summed E-state index contributed by atoms with van der Waals surface area (Å²) in [5.74, 6) is -8.08. The zero-order valence-electron chi connectivity index (χ0n) is 42.5. The number of cyclic esters (lactones) is 1. The molecule has 384 valence electrons. The average molecular weight is 976 g/mol. The molecule has 68 heavy (non-hydrogen) atoms. The van der Waals surface area contributed by atoms with E-state index in [-0.39, 0.29) is 60.9 Å². The smallest absolute Gasteiger partial charge is 0.329 e. The third-order valence-corrected chi connectivity index (χ3v) is 15.4. The van der Waals surface area contributed by atoms with Crippen molar-refractivity contribution in [3.8, 4) is 0 Å². The van der Waals surface area contributed by atoms with Crippen molar-refractivity contribution >= 4 is 37.3 Å². The second-order valence-corrected chi connectivity index (χ2v) is 21.4. The summed E-state index contributed by atoms with van der Waals surface area (Å²) in [4.78, 5) is 72.1. The number of hydrogen-bond donors (Lipinski definition) is 2. The SMILES string of the molecule is CO[C@H]1C[C@@H]2CC[C@@H](C)[C@@](O)(O2)C(=O)C(=O)N2CCCC[C@H]2C(=O)O[C@H]([C@H](C)C[C@@H]2CC[C@H](O[PH](C)=O)[C@H](OC)C2)CC(=O)[C@H](C)/C=C(\C)[C@@H](O)[C@@H](OC)C(=O)[C@H](C)C[C@H](C)/C=C/C=C/C=C/1C. The summed E-state index contributed by atoms with van der Waals surface area (Å²) in [7, 11) is 2.35. The maximum atomic E-state index is 14.5. The van der Waals surface area contributed by atoms with Crippen LogP contribution >= 0.6 is 8.03 Å². The molecule has 0 spiro atoms. The number of carbonyl (C=O) groups excluding carboxylic acids is 5. The van der Waals surface area contributed by atoms with E-state index in [2.05, 4.69) is 0 Å². The van der Waals surface area contributed by atoms with Gasteiger partial charge in [0.15, 0.2) is 13.8 Å². The number of aliphatic hydroxyl groups is 2. The van der Waals surface area contributed by atoms with Crippen molar-refractivity contribution < 1.29 is 67.0 Å². The number of rotatable bonds is 8. The molecule has 3 aliphatic heterocycles. The molecule has 3 heterocycles. The van der Waals surface area contributed by atoms with Crippen molar-refractivity contribution in [3.05, 3.63) is 47.6 Å². The number of hydrogen-bond acceptors (Lipinski definition) is 14. The monoisotopic (exact) mass is 976 g/mol. The van der Waals surface area contributed by atoms with E-state index in [1.165, 1.54) is 12.0 Å². The summed E-state index contributed by atoms with van der Waals surface area (Å²) in [5, 5.41) is 23.4. The van der Waals surface area contributed by atoms with Crippen LogP contribution in [-0.4, -0.2) is 133 Å². The summed E-state index contributed by atoms with van der Waals surface area (Å²) in [6, 6.07) is -1.15. The number of Topliss-reactive ketones (excluding diaryl/α,β-unsaturated/α-hetero) is 3. The molecule has 0 radical (unpaired) electrons. The average Bonchev–Trinajstić information content (AvgIpc) is 3.30. The van der Waals surface area contributed by atoms with Crippen molar-refractivity contribution in [3.63, 3.8) is 0 Å². The first kappa shape index (κ1) is 57.4. The van der Waals surface area contributed by atoms with Crippen LogP contribution in [-0.2, 0) is 56.7 Å². The Bertz CT molecular complexity index is 1880. The molecule has 1 amide bonds. The minimum Gasteiger partial charge on any atom is -0.460 e. The Labute approximate surface area is 405 Å². The zero-order valence-corrected chi connectivity index (χ0v) is 43.5. The third kappa shape index (κ3) is 15.4. The highest BCUT2D eigenvalue weighted by Gasteiger charge is 2.53. The molecule has 15 nitrogen and oxygen atoms in total. The topological polar surface area (TPSA) is 201 Å². The molecule has 2 bridgehead atoms. The zero-order chi connectivity index (χ0) is 50.5. The summed E-state index contributed by atoms with van der Waals surface area (Å²) in [5.41, 5.74) is 1.26. The minimum atomic E-state index is -2.44. The molecule has 1 aliphatic carbocycles. The number of methoxy groups -OCH3 is 3. The Kier molecular flexibility index (Phi) is 22.7. The van der Waals surface area contributed by atoms with Gasteiger partial charge in [-0.1, -0.05) is 71.1 Å². The Hall–Kier alpha value is -3.14. The van der Waals surface area contributed by atoms with Gasteiger partial charge in [-0.05, 0) is 107 Å². The van der Waals surface area contributed by atoms with E-state index >= 15 is 0 Å². The van der Waals surface area contributed by atoms with Crippen LogP contribution in [0.4, 0.5) is 0 Å². The molecule has 16 atom stereocenters. The Morgan fingerprint density at radius 3 is 2.25 bits per heavy atom. The first-order chi connectivity index (χ1) is 32.1. The van der Waals surface area contributed by atoms with Crippen LogP contribution in [0, 0.1) is 35.5 Å². The number of allylic oxidation sites excluding steroid dienone is 6. The molecule has 0 aromatic heterocycles. The number of ketones is 3. The lowest BCUT2D eigenvalue weighted by Gasteiger charge is -2.42. The summed E-state index contributed by atoms with van der Waals surface area (Å²) in [6.45, 7) is 14.3. The normalized spacial score (nSPS) is 39.6. The number of carbonyl (C=O) groups is 5. The number of ether oxygens (including phenoxy) is 5. The number of amides is 1. The lowest BCUT2D eigenvalue weighted by molar-refractivity contribution is -0.265. The lowest BCUT2D eigenvalue weighted by atomic mass is 9.78. The quantitative estimate of drug-likeness (QED) is 0.106. The van der Waals surface area contributed by atoms with Crippen LogP contribution in [0.1, 0.15) is 126 Å².